The van der Waals surface area contributed by atoms with Crippen molar-refractivity contribution in [1.29, 1.82) is 0 Å². The minimum absolute atomic E-state index is 0.178. The van der Waals surface area contributed by atoms with Crippen molar-refractivity contribution >= 4 is 29.3 Å². The molecule has 4 rings (SSSR count). The van der Waals surface area contributed by atoms with Crippen LogP contribution in [-0.2, 0) is 4.79 Å². The number of anilines is 2. The largest absolute Gasteiger partial charge is 0.328 e. The standard InChI is InChI=1S/C21H22N6OS/c1-12-7-8-16(13(2)10-12)24-19(28)17-14(3)23-20-25-21(29-4)26-27(20)18(17)15-6-5-9-22-11-15/h5-11,18H,1-4H3,(H,24,28)(H,23,25,26). The van der Waals surface area contributed by atoms with Crippen LogP contribution in [0.2, 0.25) is 0 Å². The van der Waals surface area contributed by atoms with Gasteiger partial charge in [-0.25, -0.2) is 4.68 Å². The Morgan fingerprint density at radius 1 is 1.24 bits per heavy atom. The van der Waals surface area contributed by atoms with Crippen LogP contribution in [0.25, 0.3) is 0 Å². The molecule has 8 heteroatoms. The molecule has 3 aromatic rings. The predicted molar refractivity (Wildman–Crippen MR) is 115 cm³/mol. The molecular weight excluding hydrogens is 384 g/mol. The van der Waals surface area contributed by atoms with Crippen LogP contribution in [0.3, 0.4) is 0 Å². The van der Waals surface area contributed by atoms with Crippen LogP contribution < -0.4 is 10.6 Å². The molecule has 0 saturated heterocycles. The lowest BCUT2D eigenvalue weighted by molar-refractivity contribution is -0.113. The molecule has 1 unspecified atom stereocenters. The molecule has 0 fully saturated rings. The van der Waals surface area contributed by atoms with Gasteiger partial charge in [0.05, 0.1) is 5.57 Å². The fourth-order valence-corrected chi connectivity index (χ4v) is 3.85. The summed E-state index contributed by atoms with van der Waals surface area (Å²) in [5.41, 5.74) is 5.17. The van der Waals surface area contributed by atoms with Crippen LogP contribution in [0.1, 0.15) is 29.7 Å². The molecule has 1 aliphatic heterocycles. The number of hydrogen-bond acceptors (Lipinski definition) is 6. The molecule has 1 aromatic carbocycles. The Bertz CT molecular complexity index is 1110. The summed E-state index contributed by atoms with van der Waals surface area (Å²) in [4.78, 5) is 22.1. The number of carbonyl (C=O) groups excluding carboxylic acids is 1. The maximum absolute atomic E-state index is 13.4. The molecule has 0 spiro atoms. The Labute approximate surface area is 173 Å². The van der Waals surface area contributed by atoms with Gasteiger partial charge in [-0.15, -0.1) is 5.10 Å². The number of amides is 1. The summed E-state index contributed by atoms with van der Waals surface area (Å²) in [5, 5.41) is 11.5. The van der Waals surface area contributed by atoms with E-state index in [9.17, 15) is 4.79 Å². The van der Waals surface area contributed by atoms with E-state index >= 15 is 0 Å². The van der Waals surface area contributed by atoms with Gasteiger partial charge in [-0.1, -0.05) is 35.5 Å². The number of thioether (sulfide) groups is 1. The first-order chi connectivity index (χ1) is 14.0. The lowest BCUT2D eigenvalue weighted by Crippen LogP contribution is -2.31. The van der Waals surface area contributed by atoms with Crippen LogP contribution in [-0.4, -0.2) is 31.9 Å². The van der Waals surface area contributed by atoms with E-state index in [2.05, 4.69) is 31.8 Å². The minimum atomic E-state index is -0.417. The number of aromatic nitrogens is 4. The number of pyridine rings is 1. The highest BCUT2D eigenvalue weighted by molar-refractivity contribution is 7.98. The second-order valence-electron chi connectivity index (χ2n) is 6.99. The Morgan fingerprint density at radius 2 is 2.07 bits per heavy atom. The first kappa shape index (κ1) is 19.2. The number of allylic oxidation sites excluding steroid dienone is 1. The van der Waals surface area contributed by atoms with E-state index in [0.29, 0.717) is 16.7 Å². The molecule has 29 heavy (non-hydrogen) atoms. The zero-order valence-electron chi connectivity index (χ0n) is 16.7. The Kier molecular flexibility index (Phi) is 5.10. The van der Waals surface area contributed by atoms with Crippen molar-refractivity contribution in [2.24, 2.45) is 0 Å². The SMILES string of the molecule is CSc1nc2n(n1)C(c1cccnc1)C(C(=O)Nc1ccc(C)cc1C)=C(C)N2. The second kappa shape index (κ2) is 7.71. The maximum atomic E-state index is 13.4. The molecule has 1 amide bonds. The van der Waals surface area contributed by atoms with Gasteiger partial charge >= 0.3 is 0 Å². The Morgan fingerprint density at radius 3 is 2.76 bits per heavy atom. The molecule has 0 bridgehead atoms. The van der Waals surface area contributed by atoms with Crippen molar-refractivity contribution in [2.75, 3.05) is 16.9 Å². The summed E-state index contributed by atoms with van der Waals surface area (Å²) in [6.45, 7) is 5.91. The van der Waals surface area contributed by atoms with Crippen molar-refractivity contribution in [1.82, 2.24) is 19.7 Å². The van der Waals surface area contributed by atoms with Crippen LogP contribution in [0.15, 0.2) is 59.2 Å². The van der Waals surface area contributed by atoms with Gasteiger partial charge in [-0.3, -0.25) is 9.78 Å². The number of nitrogens with zero attached hydrogens (tertiary/aromatic N) is 4. The highest BCUT2D eigenvalue weighted by atomic mass is 32.2. The van der Waals surface area contributed by atoms with Gasteiger partial charge < -0.3 is 10.6 Å². The van der Waals surface area contributed by atoms with E-state index in [1.165, 1.54) is 11.8 Å². The van der Waals surface area contributed by atoms with Gasteiger partial charge in [-0.05, 0) is 50.3 Å². The van der Waals surface area contributed by atoms with Gasteiger partial charge in [0.15, 0.2) is 0 Å². The molecule has 7 nitrogen and oxygen atoms in total. The summed E-state index contributed by atoms with van der Waals surface area (Å²) in [6.07, 6.45) is 5.40. The molecule has 1 atom stereocenters. The number of nitrogens with one attached hydrogen (secondary N) is 2. The Hall–Kier alpha value is -3.13. The summed E-state index contributed by atoms with van der Waals surface area (Å²) in [5.74, 6) is 0.437. The molecule has 1 aliphatic rings. The van der Waals surface area contributed by atoms with Gasteiger partial charge in [0.1, 0.15) is 6.04 Å². The monoisotopic (exact) mass is 406 g/mol. The highest BCUT2D eigenvalue weighted by Crippen LogP contribution is 2.36. The highest BCUT2D eigenvalue weighted by Gasteiger charge is 2.34. The average Bonchev–Trinajstić information content (AvgIpc) is 3.12. The van der Waals surface area contributed by atoms with Crippen LogP contribution >= 0.6 is 11.8 Å². The first-order valence-corrected chi connectivity index (χ1v) is 10.5. The molecule has 0 saturated carbocycles. The van der Waals surface area contributed by atoms with Gasteiger partial charge in [-0.2, -0.15) is 4.98 Å². The van der Waals surface area contributed by atoms with Crippen molar-refractivity contribution in [3.8, 4) is 0 Å². The third kappa shape index (κ3) is 3.63. The first-order valence-electron chi connectivity index (χ1n) is 9.24. The molecule has 2 aromatic heterocycles. The van der Waals surface area contributed by atoms with E-state index in [4.69, 9.17) is 0 Å². The van der Waals surface area contributed by atoms with Crippen molar-refractivity contribution in [3.63, 3.8) is 0 Å². The number of aryl methyl sites for hydroxylation is 2. The summed E-state index contributed by atoms with van der Waals surface area (Å²) < 4.78 is 1.76. The van der Waals surface area contributed by atoms with Crippen molar-refractivity contribution in [3.05, 3.63) is 70.7 Å². The second-order valence-corrected chi connectivity index (χ2v) is 7.77. The summed E-state index contributed by atoms with van der Waals surface area (Å²) >= 11 is 1.46. The molecule has 3 heterocycles. The molecule has 0 aliphatic carbocycles. The fraction of sp³-hybridized carbons (Fsp3) is 0.238. The smallest absolute Gasteiger partial charge is 0.255 e. The van der Waals surface area contributed by atoms with E-state index < -0.39 is 6.04 Å². The third-order valence-corrected chi connectivity index (χ3v) is 5.43. The molecule has 148 valence electrons. The number of rotatable bonds is 4. The zero-order chi connectivity index (χ0) is 20.5. The van der Waals surface area contributed by atoms with Gasteiger partial charge in [0.25, 0.3) is 5.91 Å². The van der Waals surface area contributed by atoms with E-state index in [0.717, 1.165) is 28.1 Å². The van der Waals surface area contributed by atoms with Crippen LogP contribution in [0.5, 0.6) is 0 Å². The number of benzene rings is 1. The van der Waals surface area contributed by atoms with Crippen molar-refractivity contribution in [2.45, 2.75) is 32.0 Å². The third-order valence-electron chi connectivity index (χ3n) is 4.89. The normalized spacial score (nSPS) is 15.7. The lowest BCUT2D eigenvalue weighted by atomic mass is 9.96. The summed E-state index contributed by atoms with van der Waals surface area (Å²) in [7, 11) is 0. The Balaban J connectivity index is 1.77. The van der Waals surface area contributed by atoms with Crippen LogP contribution in [0, 0.1) is 13.8 Å². The van der Waals surface area contributed by atoms with E-state index in [1.807, 2.05) is 51.3 Å². The van der Waals surface area contributed by atoms with E-state index in [1.54, 1.807) is 17.1 Å². The zero-order valence-corrected chi connectivity index (χ0v) is 17.5. The van der Waals surface area contributed by atoms with Crippen molar-refractivity contribution < 1.29 is 4.79 Å². The van der Waals surface area contributed by atoms with Crippen LogP contribution in [0.4, 0.5) is 11.6 Å². The molecule has 2 N–H and O–H groups in total. The topological polar surface area (TPSA) is 84.7 Å². The quantitative estimate of drug-likeness (QED) is 0.639. The van der Waals surface area contributed by atoms with Gasteiger partial charge in [0.2, 0.25) is 11.1 Å². The van der Waals surface area contributed by atoms with Gasteiger partial charge in [0, 0.05) is 23.8 Å². The number of carbonyl (C=O) groups is 1. The maximum Gasteiger partial charge on any atom is 0.255 e. The number of fused-ring (bicyclic) bond motifs is 1. The predicted octanol–water partition coefficient (Wildman–Crippen LogP) is 3.94. The minimum Gasteiger partial charge on any atom is -0.328 e. The van der Waals surface area contributed by atoms with E-state index in [-0.39, 0.29) is 5.91 Å². The lowest BCUT2D eigenvalue weighted by Gasteiger charge is -2.28. The molecule has 0 radical (unpaired) electrons. The number of hydrogen-bond donors (Lipinski definition) is 2. The fourth-order valence-electron chi connectivity index (χ4n) is 3.50. The summed E-state index contributed by atoms with van der Waals surface area (Å²) in [6, 6.07) is 9.36. The average molecular weight is 407 g/mol. The molecular formula is C21H22N6OS.